The summed E-state index contributed by atoms with van der Waals surface area (Å²) in [5.41, 5.74) is 2.77. The van der Waals surface area contributed by atoms with E-state index in [-0.39, 0.29) is 0 Å². The van der Waals surface area contributed by atoms with Gasteiger partial charge in [-0.3, -0.25) is 11.3 Å². The molecule has 0 amide bonds. The molecule has 54 valence electrons. The number of hydrogen-bond acceptors (Lipinski definition) is 3. The summed E-state index contributed by atoms with van der Waals surface area (Å²) in [6.07, 6.45) is 1.04. The summed E-state index contributed by atoms with van der Waals surface area (Å²) < 4.78 is 5.22. The van der Waals surface area contributed by atoms with Crippen molar-refractivity contribution in [3.63, 3.8) is 0 Å². The smallest absolute Gasteiger partial charge is 0.0507 e. The molecule has 1 aliphatic heterocycles. The Morgan fingerprint density at radius 2 is 2.44 bits per heavy atom. The molecule has 3 heteroatoms. The molecule has 1 heterocycles. The highest BCUT2D eigenvalue weighted by Gasteiger charge is 2.19. The average Bonchev–Trinajstić information content (AvgIpc) is 1.89. The van der Waals surface area contributed by atoms with Crippen LogP contribution in [0.2, 0.25) is 0 Å². The maximum atomic E-state index is 5.29. The number of nitrogens with two attached hydrogens (primary N) is 1. The summed E-state index contributed by atoms with van der Waals surface area (Å²) in [6.45, 7) is 3.83. The van der Waals surface area contributed by atoms with Gasteiger partial charge in [-0.15, -0.1) is 0 Å². The first-order valence-electron chi connectivity index (χ1n) is 3.38. The van der Waals surface area contributed by atoms with E-state index >= 15 is 0 Å². The Bertz CT molecular complexity index is 87.1. The van der Waals surface area contributed by atoms with E-state index in [1.165, 1.54) is 0 Å². The molecule has 0 unspecified atom stereocenters. The zero-order chi connectivity index (χ0) is 6.69. The quantitative estimate of drug-likeness (QED) is 0.384. The van der Waals surface area contributed by atoms with Gasteiger partial charge in [0.05, 0.1) is 6.61 Å². The molecule has 0 aromatic carbocycles. The molecule has 1 rings (SSSR count). The van der Waals surface area contributed by atoms with Gasteiger partial charge in [-0.05, 0) is 12.3 Å². The van der Waals surface area contributed by atoms with Gasteiger partial charge in [-0.1, -0.05) is 6.92 Å². The first-order valence-corrected chi connectivity index (χ1v) is 3.38. The minimum absolute atomic E-state index is 0.457. The van der Waals surface area contributed by atoms with E-state index in [0.29, 0.717) is 12.0 Å². The molecule has 2 atom stereocenters. The Morgan fingerprint density at radius 3 is 2.89 bits per heavy atom. The number of ether oxygens (including phenoxy) is 1. The van der Waals surface area contributed by atoms with E-state index in [9.17, 15) is 0 Å². The molecule has 0 saturated carbocycles. The first kappa shape index (κ1) is 6.99. The van der Waals surface area contributed by atoms with Crippen LogP contribution in [-0.4, -0.2) is 19.3 Å². The molecule has 9 heavy (non-hydrogen) atoms. The highest BCUT2D eigenvalue weighted by Crippen LogP contribution is 2.12. The molecule has 3 nitrogen and oxygen atoms in total. The van der Waals surface area contributed by atoms with Gasteiger partial charge in [0, 0.05) is 12.6 Å². The van der Waals surface area contributed by atoms with E-state index in [2.05, 4.69) is 12.3 Å². The van der Waals surface area contributed by atoms with Crippen LogP contribution in [0.15, 0.2) is 0 Å². The minimum Gasteiger partial charge on any atom is -0.381 e. The van der Waals surface area contributed by atoms with Crippen molar-refractivity contribution >= 4 is 0 Å². The van der Waals surface area contributed by atoms with Gasteiger partial charge in [-0.25, -0.2) is 0 Å². The average molecular weight is 130 g/mol. The molecule has 1 saturated heterocycles. The zero-order valence-electron chi connectivity index (χ0n) is 5.76. The van der Waals surface area contributed by atoms with Crippen LogP contribution in [0, 0.1) is 5.92 Å². The van der Waals surface area contributed by atoms with Crippen LogP contribution in [0.25, 0.3) is 0 Å². The van der Waals surface area contributed by atoms with Crippen LogP contribution in [-0.2, 0) is 4.74 Å². The van der Waals surface area contributed by atoms with Crippen molar-refractivity contribution in [3.05, 3.63) is 0 Å². The Morgan fingerprint density at radius 1 is 1.67 bits per heavy atom. The second-order valence-electron chi connectivity index (χ2n) is 2.61. The zero-order valence-corrected chi connectivity index (χ0v) is 5.76. The van der Waals surface area contributed by atoms with Crippen LogP contribution >= 0.6 is 0 Å². The summed E-state index contributed by atoms with van der Waals surface area (Å²) in [7, 11) is 0. The van der Waals surface area contributed by atoms with Crippen LogP contribution in [0.5, 0.6) is 0 Å². The van der Waals surface area contributed by atoms with Gasteiger partial charge < -0.3 is 4.74 Å². The molecule has 0 radical (unpaired) electrons. The van der Waals surface area contributed by atoms with Crippen molar-refractivity contribution in [3.8, 4) is 0 Å². The van der Waals surface area contributed by atoms with Gasteiger partial charge in [0.1, 0.15) is 0 Å². The molecular weight excluding hydrogens is 116 g/mol. The highest BCUT2D eigenvalue weighted by molar-refractivity contribution is 4.73. The molecule has 3 N–H and O–H groups in total. The Hall–Kier alpha value is -0.120. The largest absolute Gasteiger partial charge is 0.381 e. The van der Waals surface area contributed by atoms with Crippen LogP contribution in [0.3, 0.4) is 0 Å². The lowest BCUT2D eigenvalue weighted by molar-refractivity contribution is 0.0392. The maximum absolute atomic E-state index is 5.29. The van der Waals surface area contributed by atoms with Crippen molar-refractivity contribution in [1.82, 2.24) is 5.43 Å². The van der Waals surface area contributed by atoms with Crippen molar-refractivity contribution in [2.45, 2.75) is 19.4 Å². The molecule has 0 bridgehead atoms. The molecule has 0 aromatic heterocycles. The third-order valence-corrected chi connectivity index (χ3v) is 1.85. The van der Waals surface area contributed by atoms with E-state index in [1.54, 1.807) is 0 Å². The minimum atomic E-state index is 0.457. The van der Waals surface area contributed by atoms with E-state index in [4.69, 9.17) is 10.6 Å². The fourth-order valence-corrected chi connectivity index (χ4v) is 1.13. The Balaban J connectivity index is 2.30. The molecule has 0 aliphatic carbocycles. The van der Waals surface area contributed by atoms with Gasteiger partial charge in [0.2, 0.25) is 0 Å². The van der Waals surface area contributed by atoms with Gasteiger partial charge >= 0.3 is 0 Å². The van der Waals surface area contributed by atoms with E-state index in [0.717, 1.165) is 19.6 Å². The van der Waals surface area contributed by atoms with Gasteiger partial charge in [0.15, 0.2) is 0 Å². The summed E-state index contributed by atoms with van der Waals surface area (Å²) in [5, 5.41) is 0. The summed E-state index contributed by atoms with van der Waals surface area (Å²) in [5.74, 6) is 5.85. The second kappa shape index (κ2) is 3.15. The lowest BCUT2D eigenvalue weighted by atomic mass is 9.99. The third kappa shape index (κ3) is 1.64. The molecule has 0 spiro atoms. The van der Waals surface area contributed by atoms with Crippen molar-refractivity contribution in [1.29, 1.82) is 0 Å². The van der Waals surface area contributed by atoms with E-state index < -0.39 is 0 Å². The molecule has 0 aromatic rings. The standard InChI is InChI=1S/C6H14N2O/c1-5-4-9-3-2-6(5)8-7/h5-6,8H,2-4,7H2,1H3/t5-,6-/m1/s1. The van der Waals surface area contributed by atoms with Crippen molar-refractivity contribution in [2.24, 2.45) is 11.8 Å². The van der Waals surface area contributed by atoms with Crippen LogP contribution < -0.4 is 11.3 Å². The van der Waals surface area contributed by atoms with E-state index in [1.807, 2.05) is 0 Å². The van der Waals surface area contributed by atoms with Gasteiger partial charge in [0.25, 0.3) is 0 Å². The predicted molar refractivity (Wildman–Crippen MR) is 35.7 cm³/mol. The van der Waals surface area contributed by atoms with Crippen molar-refractivity contribution in [2.75, 3.05) is 13.2 Å². The Labute approximate surface area is 55.5 Å². The van der Waals surface area contributed by atoms with Crippen molar-refractivity contribution < 1.29 is 4.74 Å². The first-order chi connectivity index (χ1) is 4.34. The molecule has 1 aliphatic rings. The maximum Gasteiger partial charge on any atom is 0.0507 e. The second-order valence-corrected chi connectivity index (χ2v) is 2.61. The number of hydrogen-bond donors (Lipinski definition) is 2. The normalized spacial score (nSPS) is 36.7. The van der Waals surface area contributed by atoms with Crippen LogP contribution in [0.1, 0.15) is 13.3 Å². The monoisotopic (exact) mass is 130 g/mol. The highest BCUT2D eigenvalue weighted by atomic mass is 16.5. The Kier molecular flexibility index (Phi) is 2.45. The van der Waals surface area contributed by atoms with Crippen LogP contribution in [0.4, 0.5) is 0 Å². The number of hydrazine groups is 1. The third-order valence-electron chi connectivity index (χ3n) is 1.85. The summed E-state index contributed by atoms with van der Waals surface area (Å²) in [4.78, 5) is 0. The number of nitrogens with one attached hydrogen (secondary N) is 1. The number of rotatable bonds is 1. The summed E-state index contributed by atoms with van der Waals surface area (Å²) in [6, 6.07) is 0.457. The topological polar surface area (TPSA) is 47.3 Å². The lowest BCUT2D eigenvalue weighted by Gasteiger charge is -2.27. The SMILES string of the molecule is C[C@@H]1COCC[C@H]1NN. The molecular formula is C6H14N2O. The fourth-order valence-electron chi connectivity index (χ4n) is 1.13. The molecule has 1 fully saturated rings. The van der Waals surface area contributed by atoms with Gasteiger partial charge in [-0.2, -0.15) is 0 Å². The fraction of sp³-hybridized carbons (Fsp3) is 1.00. The predicted octanol–water partition coefficient (Wildman–Crippen LogP) is -0.125. The summed E-state index contributed by atoms with van der Waals surface area (Å²) >= 11 is 0. The lowest BCUT2D eigenvalue weighted by Crippen LogP contribution is -2.44.